The quantitative estimate of drug-likeness (QED) is 0.834. The van der Waals surface area contributed by atoms with E-state index < -0.39 is 18.8 Å². The van der Waals surface area contributed by atoms with E-state index in [-0.39, 0.29) is 17.8 Å². The van der Waals surface area contributed by atoms with Crippen LogP contribution in [0.1, 0.15) is 11.1 Å². The summed E-state index contributed by atoms with van der Waals surface area (Å²) in [4.78, 5) is 0. The van der Waals surface area contributed by atoms with Gasteiger partial charge >= 0.3 is 7.12 Å². The Morgan fingerprint density at radius 3 is 2.30 bits per heavy atom. The standard InChI is InChI=1S/C14H13BF2O3/c1-9-2-3-14(13(4-9)15(18)19)20-8-10-5-11(16)7-12(17)6-10/h2-7,18-19H,8H2,1H3. The van der Waals surface area contributed by atoms with E-state index in [1.807, 2.05) is 0 Å². The molecule has 20 heavy (non-hydrogen) atoms. The molecule has 0 unspecified atom stereocenters. The lowest BCUT2D eigenvalue weighted by Crippen LogP contribution is -2.31. The van der Waals surface area contributed by atoms with Gasteiger partial charge in [0.25, 0.3) is 0 Å². The lowest BCUT2D eigenvalue weighted by atomic mass is 9.79. The van der Waals surface area contributed by atoms with E-state index in [1.54, 1.807) is 25.1 Å². The fourth-order valence-corrected chi connectivity index (χ4v) is 1.86. The molecule has 2 aromatic carbocycles. The number of rotatable bonds is 4. The van der Waals surface area contributed by atoms with Crippen molar-refractivity contribution in [3.05, 3.63) is 59.2 Å². The van der Waals surface area contributed by atoms with Crippen molar-refractivity contribution in [1.29, 1.82) is 0 Å². The van der Waals surface area contributed by atoms with Crippen molar-refractivity contribution < 1.29 is 23.6 Å². The number of hydrogen-bond acceptors (Lipinski definition) is 3. The van der Waals surface area contributed by atoms with Gasteiger partial charge in [-0.15, -0.1) is 0 Å². The molecule has 0 spiro atoms. The summed E-state index contributed by atoms with van der Waals surface area (Å²) in [5.41, 5.74) is 1.38. The molecule has 0 atom stereocenters. The molecular weight excluding hydrogens is 265 g/mol. The van der Waals surface area contributed by atoms with Crippen LogP contribution in [0.15, 0.2) is 36.4 Å². The summed E-state index contributed by atoms with van der Waals surface area (Å²) >= 11 is 0. The summed E-state index contributed by atoms with van der Waals surface area (Å²) in [5, 5.41) is 18.5. The second kappa shape index (κ2) is 6.03. The van der Waals surface area contributed by atoms with Crippen molar-refractivity contribution in [2.24, 2.45) is 0 Å². The molecule has 0 aliphatic rings. The number of halogens is 2. The third-order valence-corrected chi connectivity index (χ3v) is 2.76. The molecule has 0 saturated carbocycles. The molecule has 0 bridgehead atoms. The molecule has 0 aliphatic carbocycles. The fraction of sp³-hybridized carbons (Fsp3) is 0.143. The van der Waals surface area contributed by atoms with Crippen LogP contribution in [0.4, 0.5) is 8.78 Å². The van der Waals surface area contributed by atoms with Crippen LogP contribution >= 0.6 is 0 Å². The molecule has 6 heteroatoms. The third kappa shape index (κ3) is 3.56. The molecule has 0 radical (unpaired) electrons. The number of hydrogen-bond donors (Lipinski definition) is 2. The Bertz CT molecular complexity index is 597. The van der Waals surface area contributed by atoms with E-state index in [9.17, 15) is 18.8 Å². The monoisotopic (exact) mass is 278 g/mol. The van der Waals surface area contributed by atoms with E-state index in [4.69, 9.17) is 4.74 Å². The van der Waals surface area contributed by atoms with Gasteiger partial charge in [0, 0.05) is 11.5 Å². The molecule has 0 aliphatic heterocycles. The van der Waals surface area contributed by atoms with Gasteiger partial charge in [-0.1, -0.05) is 17.7 Å². The van der Waals surface area contributed by atoms with Gasteiger partial charge in [0.1, 0.15) is 24.0 Å². The van der Waals surface area contributed by atoms with Crippen molar-refractivity contribution in [2.45, 2.75) is 13.5 Å². The first-order valence-corrected chi connectivity index (χ1v) is 6.00. The van der Waals surface area contributed by atoms with Crippen LogP contribution in [-0.4, -0.2) is 17.2 Å². The maximum Gasteiger partial charge on any atom is 0.492 e. The Morgan fingerprint density at radius 2 is 1.70 bits per heavy atom. The Hall–Kier alpha value is -1.92. The summed E-state index contributed by atoms with van der Waals surface area (Å²) < 4.78 is 31.5. The van der Waals surface area contributed by atoms with Gasteiger partial charge in [-0.3, -0.25) is 0 Å². The highest BCUT2D eigenvalue weighted by atomic mass is 19.1. The highest BCUT2D eigenvalue weighted by molar-refractivity contribution is 6.59. The van der Waals surface area contributed by atoms with Gasteiger partial charge in [-0.2, -0.15) is 0 Å². The van der Waals surface area contributed by atoms with E-state index in [0.717, 1.165) is 23.8 Å². The normalized spacial score (nSPS) is 10.4. The number of benzene rings is 2. The third-order valence-electron chi connectivity index (χ3n) is 2.76. The highest BCUT2D eigenvalue weighted by Gasteiger charge is 2.17. The van der Waals surface area contributed by atoms with Crippen LogP contribution in [0.3, 0.4) is 0 Å². The fourth-order valence-electron chi connectivity index (χ4n) is 1.86. The average molecular weight is 278 g/mol. The molecule has 2 N–H and O–H groups in total. The summed E-state index contributed by atoms with van der Waals surface area (Å²) in [6, 6.07) is 8.00. The van der Waals surface area contributed by atoms with Crippen LogP contribution in [0.25, 0.3) is 0 Å². The van der Waals surface area contributed by atoms with Crippen molar-refractivity contribution in [3.63, 3.8) is 0 Å². The molecule has 2 rings (SSSR count). The average Bonchev–Trinajstić information content (AvgIpc) is 2.36. The number of aryl methyl sites for hydroxylation is 1. The molecule has 104 valence electrons. The van der Waals surface area contributed by atoms with Crippen LogP contribution in [0, 0.1) is 18.6 Å². The van der Waals surface area contributed by atoms with E-state index >= 15 is 0 Å². The van der Waals surface area contributed by atoms with E-state index in [1.165, 1.54) is 0 Å². The van der Waals surface area contributed by atoms with Crippen molar-refractivity contribution in [2.75, 3.05) is 0 Å². The van der Waals surface area contributed by atoms with E-state index in [0.29, 0.717) is 5.56 Å². The summed E-state index contributed by atoms with van der Waals surface area (Å²) in [5.74, 6) is -1.11. The second-order valence-corrected chi connectivity index (χ2v) is 4.48. The SMILES string of the molecule is Cc1ccc(OCc2cc(F)cc(F)c2)c(B(O)O)c1. The Labute approximate surface area is 115 Å². The minimum Gasteiger partial charge on any atom is -0.489 e. The highest BCUT2D eigenvalue weighted by Crippen LogP contribution is 2.14. The van der Waals surface area contributed by atoms with E-state index in [2.05, 4.69) is 0 Å². The zero-order valence-corrected chi connectivity index (χ0v) is 10.8. The van der Waals surface area contributed by atoms with Gasteiger partial charge in [0.05, 0.1) is 0 Å². The number of ether oxygens (including phenoxy) is 1. The summed E-state index contributed by atoms with van der Waals surface area (Å²) in [6.45, 7) is 1.73. The first-order valence-electron chi connectivity index (χ1n) is 6.00. The molecule has 0 aromatic heterocycles. The zero-order valence-electron chi connectivity index (χ0n) is 10.8. The van der Waals surface area contributed by atoms with Crippen LogP contribution in [0.5, 0.6) is 5.75 Å². The Balaban J connectivity index is 2.18. The lowest BCUT2D eigenvalue weighted by Gasteiger charge is -2.12. The van der Waals surface area contributed by atoms with Crippen LogP contribution in [0.2, 0.25) is 0 Å². The lowest BCUT2D eigenvalue weighted by molar-refractivity contribution is 0.305. The zero-order chi connectivity index (χ0) is 14.7. The topological polar surface area (TPSA) is 49.7 Å². The largest absolute Gasteiger partial charge is 0.492 e. The van der Waals surface area contributed by atoms with Crippen molar-refractivity contribution in [1.82, 2.24) is 0 Å². The van der Waals surface area contributed by atoms with Crippen molar-refractivity contribution >= 4 is 12.6 Å². The second-order valence-electron chi connectivity index (χ2n) is 4.48. The van der Waals surface area contributed by atoms with Crippen LogP contribution in [-0.2, 0) is 6.61 Å². The van der Waals surface area contributed by atoms with Crippen LogP contribution < -0.4 is 10.2 Å². The van der Waals surface area contributed by atoms with Gasteiger partial charge in [-0.25, -0.2) is 8.78 Å². The molecule has 0 amide bonds. The predicted octanol–water partition coefficient (Wildman–Crippen LogP) is 1.53. The van der Waals surface area contributed by atoms with Gasteiger partial charge in [0.15, 0.2) is 0 Å². The minimum atomic E-state index is -1.67. The Kier molecular flexibility index (Phi) is 4.37. The van der Waals surface area contributed by atoms with Gasteiger partial charge < -0.3 is 14.8 Å². The Morgan fingerprint density at radius 1 is 1.05 bits per heavy atom. The first-order chi connectivity index (χ1) is 9.45. The molecule has 3 nitrogen and oxygen atoms in total. The van der Waals surface area contributed by atoms with Gasteiger partial charge in [0.2, 0.25) is 0 Å². The molecule has 2 aromatic rings. The summed E-state index contributed by atoms with van der Waals surface area (Å²) in [6.07, 6.45) is 0. The first kappa shape index (κ1) is 14.5. The molecule has 0 heterocycles. The van der Waals surface area contributed by atoms with Gasteiger partial charge in [-0.05, 0) is 30.7 Å². The minimum absolute atomic E-state index is 0.0720. The molecule has 0 fully saturated rings. The predicted molar refractivity (Wildman–Crippen MR) is 71.7 cm³/mol. The molecular formula is C14H13BF2O3. The maximum absolute atomic E-state index is 13.0. The van der Waals surface area contributed by atoms with Crippen molar-refractivity contribution in [3.8, 4) is 5.75 Å². The summed E-state index contributed by atoms with van der Waals surface area (Å²) in [7, 11) is -1.67. The molecule has 0 saturated heterocycles. The maximum atomic E-state index is 13.0. The smallest absolute Gasteiger partial charge is 0.489 e.